The number of benzene rings is 3. The number of hydrogen-bond donors (Lipinski definition) is 1. The first-order valence-electron chi connectivity index (χ1n) is 13.0. The molecule has 206 valence electrons. The molecule has 0 bridgehead atoms. The lowest BCUT2D eigenvalue weighted by atomic mass is 9.71. The molecule has 0 saturated carbocycles. The minimum absolute atomic E-state index is 0.00412. The second-order valence-corrected chi connectivity index (χ2v) is 10.6. The summed E-state index contributed by atoms with van der Waals surface area (Å²) >= 11 is 12.6. The Morgan fingerprint density at radius 2 is 1.62 bits per heavy atom. The Hall–Kier alpha value is -3.74. The van der Waals surface area contributed by atoms with Gasteiger partial charge in [-0.3, -0.25) is 4.79 Å². The fourth-order valence-electron chi connectivity index (χ4n) is 5.34. The largest absolute Gasteiger partial charge is 0.497 e. The van der Waals surface area contributed by atoms with E-state index >= 15 is 0 Å². The summed E-state index contributed by atoms with van der Waals surface area (Å²) < 4.78 is 16.6. The number of para-hydroxylation sites is 1. The van der Waals surface area contributed by atoms with Gasteiger partial charge < -0.3 is 19.5 Å². The highest BCUT2D eigenvalue weighted by Gasteiger charge is 2.41. The molecule has 0 amide bonds. The zero-order valence-electron chi connectivity index (χ0n) is 22.2. The monoisotopic (exact) mass is 577 g/mol. The average Bonchev–Trinajstić information content (AvgIpc) is 2.96. The number of rotatable bonds is 8. The van der Waals surface area contributed by atoms with Gasteiger partial charge in [-0.1, -0.05) is 59.6 Å². The molecule has 2 atom stereocenters. The van der Waals surface area contributed by atoms with Gasteiger partial charge in [-0.15, -0.1) is 0 Å². The van der Waals surface area contributed by atoms with Crippen molar-refractivity contribution in [3.63, 3.8) is 0 Å². The van der Waals surface area contributed by atoms with Crippen LogP contribution in [0.15, 0.2) is 95.3 Å². The lowest BCUT2D eigenvalue weighted by molar-refractivity contribution is -0.140. The summed E-state index contributed by atoms with van der Waals surface area (Å²) in [5, 5.41) is 4.11. The van der Waals surface area contributed by atoms with Gasteiger partial charge in [0.1, 0.15) is 24.7 Å². The van der Waals surface area contributed by atoms with Gasteiger partial charge in [0.15, 0.2) is 5.78 Å². The van der Waals surface area contributed by atoms with Crippen molar-refractivity contribution >= 4 is 35.0 Å². The highest BCUT2D eigenvalue weighted by molar-refractivity contribution is 6.42. The van der Waals surface area contributed by atoms with Crippen LogP contribution >= 0.6 is 23.2 Å². The van der Waals surface area contributed by atoms with Crippen molar-refractivity contribution in [1.29, 1.82) is 0 Å². The van der Waals surface area contributed by atoms with Crippen molar-refractivity contribution in [2.75, 3.05) is 20.3 Å². The van der Waals surface area contributed by atoms with Crippen LogP contribution in [-0.2, 0) is 14.3 Å². The van der Waals surface area contributed by atoms with Gasteiger partial charge in [0.2, 0.25) is 0 Å². The molecule has 5 rings (SSSR count). The second-order valence-electron chi connectivity index (χ2n) is 9.76. The zero-order chi connectivity index (χ0) is 28.2. The van der Waals surface area contributed by atoms with Crippen LogP contribution in [0.5, 0.6) is 11.5 Å². The van der Waals surface area contributed by atoms with E-state index in [0.29, 0.717) is 51.0 Å². The van der Waals surface area contributed by atoms with Gasteiger partial charge in [-0.2, -0.15) is 0 Å². The van der Waals surface area contributed by atoms with E-state index in [9.17, 15) is 9.59 Å². The molecule has 0 saturated heterocycles. The lowest BCUT2D eigenvalue weighted by Gasteiger charge is -2.36. The number of esters is 1. The van der Waals surface area contributed by atoms with Crippen LogP contribution in [-0.4, -0.2) is 32.1 Å². The first-order valence-corrected chi connectivity index (χ1v) is 13.8. The standard InChI is InChI=1S/C32H29Cl2NO5/c1-19-29(32(37)40-15-14-39-24-6-4-3-5-7-24)30(21-10-13-25(33)26(34)16-21)31-27(35-19)17-22(18-28(31)36)20-8-11-23(38-2)12-9-20/h3-13,16,22,30,35H,14-15,17-18H2,1-2H3/t22-,30+/m1/s1. The maximum Gasteiger partial charge on any atom is 0.336 e. The quantitative estimate of drug-likeness (QED) is 0.230. The van der Waals surface area contributed by atoms with Crippen molar-refractivity contribution in [2.24, 2.45) is 0 Å². The molecule has 8 heteroatoms. The fraction of sp³-hybridized carbons (Fsp3) is 0.250. The van der Waals surface area contributed by atoms with Crippen LogP contribution in [0.3, 0.4) is 0 Å². The number of halogens is 2. The molecular formula is C32H29Cl2NO5. The van der Waals surface area contributed by atoms with Crippen LogP contribution in [0.4, 0.5) is 0 Å². The number of Topliss-reactive ketones (excluding diaryl/α,β-unsaturated/α-hetero) is 1. The highest BCUT2D eigenvalue weighted by atomic mass is 35.5. The molecule has 2 aliphatic rings. The fourth-order valence-corrected chi connectivity index (χ4v) is 5.64. The third-order valence-electron chi connectivity index (χ3n) is 7.24. The van der Waals surface area contributed by atoms with Crippen LogP contribution in [0.25, 0.3) is 0 Å². The number of dihydropyridines is 1. The predicted octanol–water partition coefficient (Wildman–Crippen LogP) is 6.99. The summed E-state index contributed by atoms with van der Waals surface area (Å²) in [7, 11) is 1.62. The molecule has 6 nitrogen and oxygen atoms in total. The molecule has 0 unspecified atom stereocenters. The topological polar surface area (TPSA) is 73.9 Å². The van der Waals surface area contributed by atoms with Crippen LogP contribution < -0.4 is 14.8 Å². The number of nitrogens with one attached hydrogen (secondary N) is 1. The Labute approximate surface area is 243 Å². The first-order chi connectivity index (χ1) is 19.4. The molecule has 0 radical (unpaired) electrons. The van der Waals surface area contributed by atoms with E-state index < -0.39 is 11.9 Å². The predicted molar refractivity (Wildman–Crippen MR) is 155 cm³/mol. The third-order valence-corrected chi connectivity index (χ3v) is 7.98. The van der Waals surface area contributed by atoms with Crippen molar-refractivity contribution in [3.8, 4) is 11.5 Å². The van der Waals surface area contributed by atoms with Gasteiger partial charge in [0.05, 0.1) is 22.7 Å². The van der Waals surface area contributed by atoms with E-state index in [1.807, 2.05) is 61.5 Å². The lowest BCUT2D eigenvalue weighted by Crippen LogP contribution is -2.36. The van der Waals surface area contributed by atoms with Gasteiger partial charge in [-0.05, 0) is 66.8 Å². The van der Waals surface area contributed by atoms with E-state index in [1.165, 1.54) is 0 Å². The van der Waals surface area contributed by atoms with Crippen LogP contribution in [0.1, 0.15) is 42.7 Å². The minimum atomic E-state index is -0.641. The maximum atomic E-state index is 13.8. The molecule has 1 heterocycles. The first kappa shape index (κ1) is 27.8. The Morgan fingerprint density at radius 1 is 0.900 bits per heavy atom. The summed E-state index contributed by atoms with van der Waals surface area (Å²) in [5.74, 6) is 0.256. The molecule has 3 aromatic carbocycles. The molecule has 40 heavy (non-hydrogen) atoms. The maximum absolute atomic E-state index is 13.8. The smallest absolute Gasteiger partial charge is 0.336 e. The average molecular weight is 578 g/mol. The summed E-state index contributed by atoms with van der Waals surface area (Å²) in [6.07, 6.45) is 0.937. The number of allylic oxidation sites excluding steroid dienone is 3. The van der Waals surface area contributed by atoms with E-state index in [2.05, 4.69) is 5.32 Å². The Bertz CT molecular complexity index is 1480. The van der Waals surface area contributed by atoms with Crippen molar-refractivity contribution in [3.05, 3.63) is 117 Å². The molecule has 3 aromatic rings. The zero-order valence-corrected chi connectivity index (χ0v) is 23.7. The number of hydrogen-bond acceptors (Lipinski definition) is 6. The molecule has 1 aliphatic heterocycles. The molecule has 1 N–H and O–H groups in total. The molecule has 0 fully saturated rings. The van der Waals surface area contributed by atoms with Gasteiger partial charge in [0, 0.05) is 29.3 Å². The molecular weight excluding hydrogens is 549 g/mol. The van der Waals surface area contributed by atoms with Crippen molar-refractivity contribution < 1.29 is 23.8 Å². The SMILES string of the molecule is COc1ccc([C@H]2CC(=O)C3=C(C2)NC(C)=C(C(=O)OCCOc2ccccc2)[C@@H]3c2ccc(Cl)c(Cl)c2)cc1. The summed E-state index contributed by atoms with van der Waals surface area (Å²) in [6, 6.07) is 22.3. The number of ketones is 1. The van der Waals surface area contributed by atoms with Crippen molar-refractivity contribution in [1.82, 2.24) is 5.32 Å². The summed E-state index contributed by atoms with van der Waals surface area (Å²) in [4.78, 5) is 27.3. The van der Waals surface area contributed by atoms with E-state index in [-0.39, 0.29) is 24.9 Å². The molecule has 0 aromatic heterocycles. The third kappa shape index (κ3) is 5.88. The molecule has 0 spiro atoms. The van der Waals surface area contributed by atoms with Crippen LogP contribution in [0.2, 0.25) is 10.0 Å². The molecule has 1 aliphatic carbocycles. The van der Waals surface area contributed by atoms with Gasteiger partial charge >= 0.3 is 5.97 Å². The Balaban J connectivity index is 1.43. The van der Waals surface area contributed by atoms with Crippen LogP contribution in [0, 0.1) is 0 Å². The number of ether oxygens (including phenoxy) is 3. The minimum Gasteiger partial charge on any atom is -0.497 e. The van der Waals surface area contributed by atoms with Gasteiger partial charge in [-0.25, -0.2) is 4.79 Å². The summed E-state index contributed by atoms with van der Waals surface area (Å²) in [6.45, 7) is 2.08. The second kappa shape index (κ2) is 12.2. The number of methoxy groups -OCH3 is 1. The number of carbonyl (C=O) groups is 2. The van der Waals surface area contributed by atoms with E-state index in [4.69, 9.17) is 37.4 Å². The Kier molecular flexibility index (Phi) is 8.48. The normalized spacial score (nSPS) is 18.6. The van der Waals surface area contributed by atoms with E-state index in [0.717, 1.165) is 17.0 Å². The summed E-state index contributed by atoms with van der Waals surface area (Å²) in [5.41, 5.74) is 4.11. The van der Waals surface area contributed by atoms with Gasteiger partial charge in [0.25, 0.3) is 0 Å². The highest BCUT2D eigenvalue weighted by Crippen LogP contribution is 2.46. The van der Waals surface area contributed by atoms with Crippen molar-refractivity contribution in [2.45, 2.75) is 31.6 Å². The van der Waals surface area contributed by atoms with E-state index in [1.54, 1.807) is 25.3 Å². The number of carbonyl (C=O) groups excluding carboxylic acids is 2. The Morgan fingerprint density at radius 3 is 2.33 bits per heavy atom.